The van der Waals surface area contributed by atoms with Crippen LogP contribution in [-0.4, -0.2) is 61.9 Å². The maximum atomic E-state index is 14.0. The van der Waals surface area contributed by atoms with E-state index in [1.165, 1.54) is 37.3 Å². The van der Waals surface area contributed by atoms with E-state index in [0.717, 1.165) is 11.1 Å². The van der Waals surface area contributed by atoms with Crippen molar-refractivity contribution in [2.24, 2.45) is 0 Å². The van der Waals surface area contributed by atoms with Crippen LogP contribution >= 0.6 is 0 Å². The van der Waals surface area contributed by atoms with Gasteiger partial charge < -0.3 is 10.2 Å². The van der Waals surface area contributed by atoms with Gasteiger partial charge in [-0.2, -0.15) is 0 Å². The van der Waals surface area contributed by atoms with Gasteiger partial charge in [0.05, 0.1) is 10.9 Å². The molecule has 0 unspecified atom stereocenters. The van der Waals surface area contributed by atoms with Crippen LogP contribution in [0.15, 0.2) is 125 Å². The molecule has 0 spiro atoms. The highest BCUT2D eigenvalue weighted by Gasteiger charge is 2.39. The Labute approximate surface area is 262 Å². The minimum Gasteiger partial charge on any atom is -0.364 e. The van der Waals surface area contributed by atoms with E-state index in [2.05, 4.69) is 39.2 Å². The number of hydrogen-bond donors (Lipinski definition) is 2. The number of anilines is 1. The molecule has 0 atom stereocenters. The smallest absolute Gasteiger partial charge is 0.262 e. The number of ketones is 2. The van der Waals surface area contributed by atoms with E-state index >= 15 is 0 Å². The summed E-state index contributed by atoms with van der Waals surface area (Å²) in [5.41, 5.74) is 2.90. The Kier molecular flexibility index (Phi) is 8.34. The Morgan fingerprint density at radius 1 is 0.689 bits per heavy atom. The number of benzene rings is 4. The van der Waals surface area contributed by atoms with Gasteiger partial charge in [0, 0.05) is 49.9 Å². The first-order valence-electron chi connectivity index (χ1n) is 14.6. The van der Waals surface area contributed by atoms with Gasteiger partial charge in [-0.3, -0.25) is 24.0 Å². The number of fused-ring (bicyclic) bond motifs is 1. The molecule has 0 bridgehead atoms. The Morgan fingerprint density at radius 3 is 1.73 bits per heavy atom. The summed E-state index contributed by atoms with van der Waals surface area (Å²) >= 11 is 0. The number of piperazine rings is 1. The molecule has 2 aliphatic rings. The van der Waals surface area contributed by atoms with Gasteiger partial charge in [-0.25, -0.2) is 8.42 Å². The molecule has 1 heterocycles. The van der Waals surface area contributed by atoms with Crippen molar-refractivity contribution in [1.29, 1.82) is 0 Å². The fourth-order valence-corrected chi connectivity index (χ4v) is 7.03. The molecule has 0 aromatic heterocycles. The first-order chi connectivity index (χ1) is 21.7. The van der Waals surface area contributed by atoms with Gasteiger partial charge in [-0.1, -0.05) is 84.9 Å². The van der Waals surface area contributed by atoms with Crippen molar-refractivity contribution < 1.29 is 22.8 Å². The van der Waals surface area contributed by atoms with E-state index in [4.69, 9.17) is 0 Å². The SMILES string of the molecule is CC(=O)Nc1ccc(S(=O)(=O)NC2=C(N3CCN(C(c4ccccc4)c4ccccc4)CC3)C(=O)c3ccccc3C2=O)cc1. The average molecular weight is 621 g/mol. The Bertz CT molecular complexity index is 1840. The number of sulfonamides is 1. The Hall–Kier alpha value is -5.06. The Morgan fingerprint density at radius 2 is 1.20 bits per heavy atom. The topological polar surface area (TPSA) is 116 Å². The molecule has 1 aliphatic carbocycles. The summed E-state index contributed by atoms with van der Waals surface area (Å²) in [4.78, 5) is 43.2. The lowest BCUT2D eigenvalue weighted by atomic mass is 9.89. The zero-order valence-electron chi connectivity index (χ0n) is 24.6. The molecular formula is C35H32N4O5S. The van der Waals surface area contributed by atoms with Crippen LogP contribution in [0.4, 0.5) is 5.69 Å². The molecule has 0 saturated carbocycles. The molecule has 1 aliphatic heterocycles. The summed E-state index contributed by atoms with van der Waals surface area (Å²) in [5, 5.41) is 2.60. The second-order valence-corrected chi connectivity index (χ2v) is 12.7. The highest BCUT2D eigenvalue weighted by atomic mass is 32.2. The number of nitrogens with one attached hydrogen (secondary N) is 2. The van der Waals surface area contributed by atoms with E-state index in [0.29, 0.717) is 31.9 Å². The highest BCUT2D eigenvalue weighted by Crippen LogP contribution is 2.33. The number of Topliss-reactive ketones (excluding diaryl/α,β-unsaturated/α-hetero) is 2. The quantitative estimate of drug-likeness (QED) is 0.295. The summed E-state index contributed by atoms with van der Waals surface area (Å²) in [7, 11) is -4.26. The molecule has 6 rings (SSSR count). The van der Waals surface area contributed by atoms with Crippen LogP contribution in [-0.2, 0) is 14.8 Å². The predicted molar refractivity (Wildman–Crippen MR) is 171 cm³/mol. The summed E-state index contributed by atoms with van der Waals surface area (Å²) in [6, 6.07) is 32.5. The molecule has 2 N–H and O–H groups in total. The van der Waals surface area contributed by atoms with E-state index < -0.39 is 21.6 Å². The first-order valence-corrected chi connectivity index (χ1v) is 16.1. The van der Waals surface area contributed by atoms with Crippen LogP contribution in [0, 0.1) is 0 Å². The third-order valence-electron chi connectivity index (χ3n) is 8.04. The summed E-state index contributed by atoms with van der Waals surface area (Å²) in [6.45, 7) is 3.32. The zero-order chi connectivity index (χ0) is 31.6. The maximum Gasteiger partial charge on any atom is 0.262 e. The zero-order valence-corrected chi connectivity index (χ0v) is 25.5. The molecule has 4 aromatic rings. The van der Waals surface area contributed by atoms with Crippen LogP contribution in [0.1, 0.15) is 44.8 Å². The van der Waals surface area contributed by atoms with Gasteiger partial charge in [0.25, 0.3) is 10.0 Å². The van der Waals surface area contributed by atoms with Gasteiger partial charge >= 0.3 is 0 Å². The van der Waals surface area contributed by atoms with Gasteiger partial charge in [0.1, 0.15) is 11.4 Å². The molecule has 9 nitrogen and oxygen atoms in total. The fraction of sp³-hybridized carbons (Fsp3) is 0.171. The van der Waals surface area contributed by atoms with Crippen LogP contribution in [0.5, 0.6) is 0 Å². The molecule has 1 fully saturated rings. The molecule has 1 saturated heterocycles. The molecule has 4 aromatic carbocycles. The van der Waals surface area contributed by atoms with Crippen molar-refractivity contribution in [2.75, 3.05) is 31.5 Å². The van der Waals surface area contributed by atoms with Crippen molar-refractivity contribution in [3.05, 3.63) is 143 Å². The van der Waals surface area contributed by atoms with Crippen molar-refractivity contribution >= 4 is 33.2 Å². The van der Waals surface area contributed by atoms with Gasteiger partial charge in [0.15, 0.2) is 0 Å². The van der Waals surface area contributed by atoms with Crippen LogP contribution in [0.2, 0.25) is 0 Å². The van der Waals surface area contributed by atoms with Crippen molar-refractivity contribution in [1.82, 2.24) is 14.5 Å². The number of rotatable bonds is 8. The summed E-state index contributed by atoms with van der Waals surface area (Å²) in [5.74, 6) is -1.25. The van der Waals surface area contributed by atoms with Gasteiger partial charge in [-0.15, -0.1) is 0 Å². The number of carbonyl (C=O) groups is 3. The second kappa shape index (κ2) is 12.5. The van der Waals surface area contributed by atoms with Crippen LogP contribution in [0.25, 0.3) is 0 Å². The van der Waals surface area contributed by atoms with E-state index in [9.17, 15) is 22.8 Å². The largest absolute Gasteiger partial charge is 0.364 e. The lowest BCUT2D eigenvalue weighted by Gasteiger charge is -2.42. The second-order valence-electron chi connectivity index (χ2n) is 11.0. The van der Waals surface area contributed by atoms with Crippen molar-refractivity contribution in [2.45, 2.75) is 17.9 Å². The minimum atomic E-state index is -4.26. The summed E-state index contributed by atoms with van der Waals surface area (Å²) < 4.78 is 29.6. The molecule has 1 amide bonds. The molecule has 228 valence electrons. The number of hydrogen-bond acceptors (Lipinski definition) is 7. The normalized spacial score (nSPS) is 15.6. The van der Waals surface area contributed by atoms with Crippen molar-refractivity contribution in [3.8, 4) is 0 Å². The standard InChI is InChI=1S/C35H32N4O5S/c1-24(40)36-27-16-18-28(19-17-27)45(43,44)37-31-33(35(42)30-15-9-8-14-29(30)34(31)41)39-22-20-38(21-23-39)32(25-10-4-2-5-11-25)26-12-6-3-7-13-26/h2-19,32,37H,20-23H2,1H3,(H,36,40). The first kappa shape index (κ1) is 30.0. The lowest BCUT2D eigenvalue weighted by molar-refractivity contribution is -0.114. The molecule has 45 heavy (non-hydrogen) atoms. The van der Waals surface area contributed by atoms with E-state index in [-0.39, 0.29) is 39.4 Å². The number of amides is 1. The molecular weight excluding hydrogens is 588 g/mol. The Balaban J connectivity index is 1.32. The maximum absolute atomic E-state index is 14.0. The number of allylic oxidation sites excluding steroid dienone is 2. The fourth-order valence-electron chi connectivity index (χ4n) is 5.96. The predicted octanol–water partition coefficient (Wildman–Crippen LogP) is 4.62. The van der Waals surface area contributed by atoms with Gasteiger partial charge in [0.2, 0.25) is 17.5 Å². The van der Waals surface area contributed by atoms with Crippen LogP contribution in [0.3, 0.4) is 0 Å². The number of nitrogens with zero attached hydrogens (tertiary/aromatic N) is 2. The average Bonchev–Trinajstić information content (AvgIpc) is 3.05. The highest BCUT2D eigenvalue weighted by molar-refractivity contribution is 7.89. The van der Waals surface area contributed by atoms with E-state index in [1.54, 1.807) is 18.2 Å². The third-order valence-corrected chi connectivity index (χ3v) is 9.41. The summed E-state index contributed by atoms with van der Waals surface area (Å²) in [6.07, 6.45) is 0. The third kappa shape index (κ3) is 6.15. The van der Waals surface area contributed by atoms with Crippen molar-refractivity contribution in [3.63, 3.8) is 0 Å². The number of carbonyl (C=O) groups excluding carboxylic acids is 3. The molecule has 10 heteroatoms. The monoisotopic (exact) mass is 620 g/mol. The van der Waals surface area contributed by atoms with Gasteiger partial charge in [-0.05, 0) is 35.4 Å². The molecule has 0 radical (unpaired) electrons. The van der Waals surface area contributed by atoms with E-state index in [1.807, 2.05) is 41.3 Å². The van der Waals surface area contributed by atoms with Crippen LogP contribution < -0.4 is 10.0 Å². The lowest BCUT2D eigenvalue weighted by Crippen LogP contribution is -2.50. The minimum absolute atomic E-state index is 0.00798.